The van der Waals surface area contributed by atoms with Gasteiger partial charge in [-0.15, -0.1) is 5.10 Å². The molecule has 2 aromatic carbocycles. The monoisotopic (exact) mass is 465 g/mol. The van der Waals surface area contributed by atoms with Crippen molar-refractivity contribution < 1.29 is 4.74 Å². The SMILES string of the molecule is Cc1ccc([C@H](c2nnnn2C2CCCC2)N(Cc2ccc(Cl)cc2)C[C@H]2CCCO2)cc1. The van der Waals surface area contributed by atoms with E-state index in [2.05, 4.69) is 68.4 Å². The Morgan fingerprint density at radius 2 is 1.79 bits per heavy atom. The minimum absolute atomic E-state index is 0.0546. The summed E-state index contributed by atoms with van der Waals surface area (Å²) in [6.07, 6.45) is 7.19. The number of rotatable bonds is 8. The third-order valence-electron chi connectivity index (χ3n) is 6.95. The second kappa shape index (κ2) is 10.3. The molecule has 2 fully saturated rings. The predicted octanol–water partition coefficient (Wildman–Crippen LogP) is 5.52. The van der Waals surface area contributed by atoms with Crippen molar-refractivity contribution >= 4 is 11.6 Å². The summed E-state index contributed by atoms with van der Waals surface area (Å²) in [6.45, 7) is 4.57. The quantitative estimate of drug-likeness (QED) is 0.438. The van der Waals surface area contributed by atoms with E-state index in [0.29, 0.717) is 6.04 Å². The molecule has 2 aliphatic rings. The van der Waals surface area contributed by atoms with Gasteiger partial charge in [-0.3, -0.25) is 4.90 Å². The topological polar surface area (TPSA) is 56.1 Å². The van der Waals surface area contributed by atoms with Crippen LogP contribution in [-0.4, -0.2) is 44.4 Å². The van der Waals surface area contributed by atoms with Gasteiger partial charge >= 0.3 is 0 Å². The molecule has 0 radical (unpaired) electrons. The highest BCUT2D eigenvalue weighted by molar-refractivity contribution is 6.30. The van der Waals surface area contributed by atoms with Crippen LogP contribution in [0.15, 0.2) is 48.5 Å². The molecule has 0 spiro atoms. The van der Waals surface area contributed by atoms with E-state index < -0.39 is 0 Å². The van der Waals surface area contributed by atoms with Crippen LogP contribution in [0.3, 0.4) is 0 Å². The van der Waals surface area contributed by atoms with Crippen molar-refractivity contribution in [2.75, 3.05) is 13.2 Å². The van der Waals surface area contributed by atoms with Gasteiger partial charge in [0.15, 0.2) is 5.82 Å². The Kier molecular flexibility index (Phi) is 7.04. The first-order valence-electron chi connectivity index (χ1n) is 12.1. The fourth-order valence-electron chi connectivity index (χ4n) is 5.20. The summed E-state index contributed by atoms with van der Waals surface area (Å²) in [5, 5.41) is 14.0. The van der Waals surface area contributed by atoms with E-state index >= 15 is 0 Å². The number of aromatic nitrogens is 4. The van der Waals surface area contributed by atoms with Gasteiger partial charge in [-0.1, -0.05) is 66.4 Å². The zero-order chi connectivity index (χ0) is 22.6. The molecule has 0 unspecified atom stereocenters. The van der Waals surface area contributed by atoms with E-state index in [0.717, 1.165) is 56.2 Å². The number of halogens is 1. The number of aryl methyl sites for hydroxylation is 1. The summed E-state index contributed by atoms with van der Waals surface area (Å²) in [7, 11) is 0. The highest BCUT2D eigenvalue weighted by Crippen LogP contribution is 2.35. The van der Waals surface area contributed by atoms with Crippen LogP contribution in [0.2, 0.25) is 5.02 Å². The highest BCUT2D eigenvalue weighted by atomic mass is 35.5. The highest BCUT2D eigenvalue weighted by Gasteiger charge is 2.33. The minimum Gasteiger partial charge on any atom is -0.377 e. The molecular formula is C26H32ClN5O. The fraction of sp³-hybridized carbons (Fsp3) is 0.500. The van der Waals surface area contributed by atoms with E-state index in [1.54, 1.807) is 0 Å². The van der Waals surface area contributed by atoms with Gasteiger partial charge in [-0.05, 0) is 66.3 Å². The molecule has 7 heteroatoms. The Bertz CT molecular complexity index is 1020. The molecule has 174 valence electrons. The Labute approximate surface area is 200 Å². The Morgan fingerprint density at radius 1 is 1.03 bits per heavy atom. The molecule has 1 aliphatic carbocycles. The Hall–Kier alpha value is -2.28. The zero-order valence-electron chi connectivity index (χ0n) is 19.2. The van der Waals surface area contributed by atoms with Crippen LogP contribution < -0.4 is 0 Å². The number of ether oxygens (including phenoxy) is 1. The number of tetrazole rings is 1. The molecule has 1 aromatic heterocycles. The summed E-state index contributed by atoms with van der Waals surface area (Å²) in [4.78, 5) is 2.49. The van der Waals surface area contributed by atoms with E-state index in [-0.39, 0.29) is 12.1 Å². The third kappa shape index (κ3) is 5.29. The van der Waals surface area contributed by atoms with Crippen molar-refractivity contribution in [3.05, 3.63) is 76.1 Å². The summed E-state index contributed by atoms with van der Waals surface area (Å²) in [6, 6.07) is 17.3. The second-order valence-electron chi connectivity index (χ2n) is 9.42. The molecule has 0 bridgehead atoms. The fourth-order valence-corrected chi connectivity index (χ4v) is 5.32. The second-order valence-corrected chi connectivity index (χ2v) is 9.86. The van der Waals surface area contributed by atoms with Crippen molar-refractivity contribution in [1.29, 1.82) is 0 Å². The molecule has 0 amide bonds. The number of nitrogens with zero attached hydrogens (tertiary/aromatic N) is 5. The molecule has 2 atom stereocenters. The van der Waals surface area contributed by atoms with Gasteiger partial charge in [0, 0.05) is 24.7 Å². The van der Waals surface area contributed by atoms with Gasteiger partial charge in [0.25, 0.3) is 0 Å². The minimum atomic E-state index is -0.0546. The lowest BCUT2D eigenvalue weighted by Crippen LogP contribution is -2.37. The maximum absolute atomic E-state index is 6.17. The number of benzene rings is 2. The van der Waals surface area contributed by atoms with Crippen LogP contribution in [0.1, 0.15) is 73.1 Å². The first-order chi connectivity index (χ1) is 16.2. The normalized spacial score (nSPS) is 20.0. The van der Waals surface area contributed by atoms with Crippen LogP contribution in [-0.2, 0) is 11.3 Å². The Balaban J connectivity index is 1.55. The van der Waals surface area contributed by atoms with Crippen molar-refractivity contribution in [1.82, 2.24) is 25.1 Å². The first kappa shape index (κ1) is 22.5. The molecule has 6 nitrogen and oxygen atoms in total. The number of hydrogen-bond acceptors (Lipinski definition) is 5. The van der Waals surface area contributed by atoms with Crippen molar-refractivity contribution in [2.24, 2.45) is 0 Å². The van der Waals surface area contributed by atoms with Gasteiger partial charge < -0.3 is 4.74 Å². The summed E-state index contributed by atoms with van der Waals surface area (Å²) < 4.78 is 8.17. The van der Waals surface area contributed by atoms with Crippen molar-refractivity contribution in [3.63, 3.8) is 0 Å². The van der Waals surface area contributed by atoms with Crippen LogP contribution in [0.4, 0.5) is 0 Å². The lowest BCUT2D eigenvalue weighted by molar-refractivity contribution is 0.0572. The smallest absolute Gasteiger partial charge is 0.173 e. The van der Waals surface area contributed by atoms with Gasteiger partial charge in [0.1, 0.15) is 0 Å². The van der Waals surface area contributed by atoms with E-state index in [1.807, 2.05) is 12.1 Å². The van der Waals surface area contributed by atoms with E-state index in [9.17, 15) is 0 Å². The van der Waals surface area contributed by atoms with Crippen LogP contribution in [0.25, 0.3) is 0 Å². The van der Waals surface area contributed by atoms with Crippen LogP contribution in [0, 0.1) is 6.92 Å². The molecule has 3 aromatic rings. The standard InChI is InChI=1S/C26H32ClN5O/c1-19-8-12-21(13-9-19)25(26-28-29-30-32(26)23-5-2-3-6-23)31(18-24-7-4-16-33-24)17-20-10-14-22(27)15-11-20/h8-15,23-25H,2-7,16-18H2,1H3/t24-,25-/m1/s1. The summed E-state index contributed by atoms with van der Waals surface area (Å²) >= 11 is 6.17. The van der Waals surface area contributed by atoms with E-state index in [1.165, 1.54) is 29.5 Å². The molecule has 2 heterocycles. The maximum Gasteiger partial charge on any atom is 0.173 e. The van der Waals surface area contributed by atoms with Crippen LogP contribution in [0.5, 0.6) is 0 Å². The molecule has 33 heavy (non-hydrogen) atoms. The lowest BCUT2D eigenvalue weighted by Gasteiger charge is -2.33. The molecular weight excluding hydrogens is 434 g/mol. The molecule has 5 rings (SSSR count). The van der Waals surface area contributed by atoms with Gasteiger partial charge in [-0.25, -0.2) is 4.68 Å². The Morgan fingerprint density at radius 3 is 2.48 bits per heavy atom. The largest absolute Gasteiger partial charge is 0.377 e. The van der Waals surface area contributed by atoms with Gasteiger partial charge in [-0.2, -0.15) is 0 Å². The third-order valence-corrected chi connectivity index (χ3v) is 7.20. The first-order valence-corrected chi connectivity index (χ1v) is 12.5. The zero-order valence-corrected chi connectivity index (χ0v) is 20.0. The molecule has 1 aliphatic heterocycles. The average molecular weight is 466 g/mol. The average Bonchev–Trinajstić information content (AvgIpc) is 3.60. The summed E-state index contributed by atoms with van der Waals surface area (Å²) in [5.74, 6) is 0.928. The molecule has 1 saturated carbocycles. The van der Waals surface area contributed by atoms with Gasteiger partial charge in [0.2, 0.25) is 0 Å². The van der Waals surface area contributed by atoms with Gasteiger partial charge in [0.05, 0.1) is 18.2 Å². The lowest BCUT2D eigenvalue weighted by atomic mass is 10.0. The van der Waals surface area contributed by atoms with Crippen molar-refractivity contribution in [2.45, 2.75) is 70.2 Å². The van der Waals surface area contributed by atoms with Crippen molar-refractivity contribution in [3.8, 4) is 0 Å². The van der Waals surface area contributed by atoms with E-state index in [4.69, 9.17) is 16.3 Å². The molecule has 1 saturated heterocycles. The van der Waals surface area contributed by atoms with Crippen LogP contribution >= 0.6 is 11.6 Å². The number of hydrogen-bond donors (Lipinski definition) is 0. The molecule has 0 N–H and O–H groups in total. The predicted molar refractivity (Wildman–Crippen MR) is 129 cm³/mol. The summed E-state index contributed by atoms with van der Waals surface area (Å²) in [5.41, 5.74) is 3.67. The maximum atomic E-state index is 6.17.